The second-order valence-electron chi connectivity index (χ2n) is 13.1. The third kappa shape index (κ3) is 9.04. The maximum atomic E-state index is 13.7. The fraction of sp³-hybridized carbons (Fsp3) is 0.200. The zero-order valence-corrected chi connectivity index (χ0v) is 31.4. The van der Waals surface area contributed by atoms with Gasteiger partial charge in [0.1, 0.15) is 12.0 Å². The second kappa shape index (κ2) is 16.6. The number of nitrogens with one attached hydrogen (secondary N) is 2. The molecule has 0 bridgehead atoms. The number of sulfonamides is 1. The van der Waals surface area contributed by atoms with Crippen LogP contribution < -0.4 is 14.9 Å². The molecule has 0 spiro atoms. The van der Waals surface area contributed by atoms with Crippen LogP contribution in [0, 0.1) is 10.1 Å². The molecule has 16 heteroatoms. The van der Waals surface area contributed by atoms with E-state index < -0.39 is 26.7 Å². The molecule has 11 nitrogen and oxygen atoms in total. The Morgan fingerprint density at radius 3 is 2.29 bits per heavy atom. The standard InChI is InChI=1S/C40H36F3N7O4S2/c41-40(42,43)30-11-14-34(28-7-3-1-4-8-28)29(23-30)26-48-18-20-49(21-19-48)31-12-15-35-37(24-31)45-27-46-39(35)47-56(53,54)33-13-16-36(38(25-33)50(51)52)44-17-22-55-32-9-5-2-6-10-32/h1-16,23-25,27,44H,17-22,26H2,(H,45,46,47). The van der Waals surface area contributed by atoms with Crippen molar-refractivity contribution in [1.29, 1.82) is 0 Å². The number of hydrogen-bond donors (Lipinski definition) is 2. The van der Waals surface area contributed by atoms with E-state index in [4.69, 9.17) is 0 Å². The number of alkyl halides is 3. The van der Waals surface area contributed by atoms with E-state index in [9.17, 15) is 31.7 Å². The van der Waals surface area contributed by atoms with Crippen LogP contribution in [0.15, 0.2) is 131 Å². The van der Waals surface area contributed by atoms with Gasteiger partial charge in [0.2, 0.25) is 0 Å². The van der Waals surface area contributed by atoms with Crippen LogP contribution >= 0.6 is 11.8 Å². The number of benzene rings is 5. The van der Waals surface area contributed by atoms with Crippen molar-refractivity contribution in [2.75, 3.05) is 53.4 Å². The van der Waals surface area contributed by atoms with Gasteiger partial charge >= 0.3 is 6.18 Å². The average molecular weight is 800 g/mol. The molecule has 1 aromatic heterocycles. The molecule has 7 rings (SSSR count). The Labute approximate surface area is 325 Å². The van der Waals surface area contributed by atoms with Gasteiger partial charge in [-0.15, -0.1) is 11.8 Å². The van der Waals surface area contributed by atoms with Crippen molar-refractivity contribution in [3.8, 4) is 11.1 Å². The highest BCUT2D eigenvalue weighted by Crippen LogP contribution is 2.35. The predicted molar refractivity (Wildman–Crippen MR) is 213 cm³/mol. The number of thioether (sulfide) groups is 1. The Balaban J connectivity index is 1.02. The lowest BCUT2D eigenvalue weighted by atomic mass is 9.96. The quantitative estimate of drug-likeness (QED) is 0.0507. The third-order valence-electron chi connectivity index (χ3n) is 9.41. The molecule has 288 valence electrons. The first-order valence-corrected chi connectivity index (χ1v) is 20.1. The van der Waals surface area contributed by atoms with E-state index in [2.05, 4.69) is 29.8 Å². The van der Waals surface area contributed by atoms with Crippen LogP contribution in [0.5, 0.6) is 0 Å². The molecular formula is C40H36F3N7O4S2. The first-order valence-electron chi connectivity index (χ1n) is 17.7. The SMILES string of the molecule is O=[N+]([O-])c1cc(S(=O)(=O)Nc2ncnc3cc(N4CCN(Cc5cc(C(F)(F)F)ccc5-c5ccccc5)CC4)ccc23)ccc1NCCSc1ccccc1. The summed E-state index contributed by atoms with van der Waals surface area (Å²) in [5.41, 5.74) is 2.69. The second-order valence-corrected chi connectivity index (χ2v) is 15.9. The summed E-state index contributed by atoms with van der Waals surface area (Å²) in [5.74, 6) is 0.658. The van der Waals surface area contributed by atoms with Crippen LogP contribution in [-0.2, 0) is 22.7 Å². The number of piperazine rings is 1. The summed E-state index contributed by atoms with van der Waals surface area (Å²) < 4.78 is 70.5. The lowest BCUT2D eigenvalue weighted by Crippen LogP contribution is -2.46. The van der Waals surface area contributed by atoms with Crippen molar-refractivity contribution < 1.29 is 26.5 Å². The Morgan fingerprint density at radius 1 is 0.839 bits per heavy atom. The maximum Gasteiger partial charge on any atom is 0.416 e. The minimum absolute atomic E-state index is 0.0180. The fourth-order valence-electron chi connectivity index (χ4n) is 6.57. The molecule has 1 aliphatic rings. The van der Waals surface area contributed by atoms with Gasteiger partial charge in [0, 0.05) is 67.1 Å². The van der Waals surface area contributed by atoms with Gasteiger partial charge in [-0.3, -0.25) is 19.7 Å². The molecule has 0 amide bonds. The summed E-state index contributed by atoms with van der Waals surface area (Å²) in [6.45, 7) is 3.18. The van der Waals surface area contributed by atoms with Crippen LogP contribution in [0.1, 0.15) is 11.1 Å². The zero-order valence-electron chi connectivity index (χ0n) is 29.8. The molecule has 1 aliphatic heterocycles. The summed E-state index contributed by atoms with van der Waals surface area (Å²) in [5, 5.41) is 15.4. The van der Waals surface area contributed by atoms with E-state index in [1.54, 1.807) is 23.9 Å². The summed E-state index contributed by atoms with van der Waals surface area (Å²) >= 11 is 1.59. The van der Waals surface area contributed by atoms with Gasteiger partial charge in [0.25, 0.3) is 15.7 Å². The number of rotatable bonds is 13. The first-order chi connectivity index (χ1) is 26.9. The van der Waals surface area contributed by atoms with Gasteiger partial charge in [-0.25, -0.2) is 18.4 Å². The molecule has 2 N–H and O–H groups in total. The summed E-state index contributed by atoms with van der Waals surface area (Å²) in [4.78, 5) is 24.9. The lowest BCUT2D eigenvalue weighted by molar-refractivity contribution is -0.384. The molecule has 1 fully saturated rings. The van der Waals surface area contributed by atoms with E-state index in [1.807, 2.05) is 72.8 Å². The summed E-state index contributed by atoms with van der Waals surface area (Å²) in [7, 11) is -4.29. The molecular weight excluding hydrogens is 764 g/mol. The molecule has 6 aromatic rings. The minimum Gasteiger partial charge on any atom is -0.379 e. The largest absolute Gasteiger partial charge is 0.416 e. The van der Waals surface area contributed by atoms with Gasteiger partial charge in [-0.05, 0) is 71.3 Å². The molecule has 5 aromatic carbocycles. The average Bonchev–Trinajstić information content (AvgIpc) is 3.20. The highest BCUT2D eigenvalue weighted by molar-refractivity contribution is 7.99. The van der Waals surface area contributed by atoms with Crippen molar-refractivity contribution in [2.24, 2.45) is 0 Å². The fourth-order valence-corrected chi connectivity index (χ4v) is 8.40. The molecule has 0 saturated carbocycles. The van der Waals surface area contributed by atoms with Gasteiger partial charge in [-0.2, -0.15) is 13.2 Å². The van der Waals surface area contributed by atoms with Gasteiger partial charge in [-0.1, -0.05) is 54.6 Å². The summed E-state index contributed by atoms with van der Waals surface area (Å²) in [6.07, 6.45) is -3.21. The molecule has 0 aliphatic carbocycles. The molecule has 2 heterocycles. The third-order valence-corrected chi connectivity index (χ3v) is 11.8. The topological polar surface area (TPSA) is 134 Å². The van der Waals surface area contributed by atoms with Crippen molar-refractivity contribution in [3.63, 3.8) is 0 Å². The molecule has 56 heavy (non-hydrogen) atoms. The van der Waals surface area contributed by atoms with E-state index in [1.165, 1.54) is 24.5 Å². The van der Waals surface area contributed by atoms with Crippen LogP contribution in [0.4, 0.5) is 36.1 Å². The van der Waals surface area contributed by atoms with Crippen LogP contribution in [-0.4, -0.2) is 66.7 Å². The molecule has 0 atom stereocenters. The van der Waals surface area contributed by atoms with E-state index in [0.29, 0.717) is 61.5 Å². The minimum atomic E-state index is -4.45. The monoisotopic (exact) mass is 799 g/mol. The smallest absolute Gasteiger partial charge is 0.379 e. The summed E-state index contributed by atoms with van der Waals surface area (Å²) in [6, 6.07) is 32.1. The predicted octanol–water partition coefficient (Wildman–Crippen LogP) is 8.55. The van der Waals surface area contributed by atoms with Crippen molar-refractivity contribution in [1.82, 2.24) is 14.9 Å². The number of nitro benzene ring substituents is 1. The van der Waals surface area contributed by atoms with Crippen LogP contribution in [0.2, 0.25) is 0 Å². The highest BCUT2D eigenvalue weighted by Gasteiger charge is 2.31. The molecule has 0 radical (unpaired) electrons. The van der Waals surface area contributed by atoms with Gasteiger partial charge in [0.05, 0.1) is 20.9 Å². The van der Waals surface area contributed by atoms with E-state index in [0.717, 1.165) is 33.8 Å². The Hall–Kier alpha value is -5.71. The van der Waals surface area contributed by atoms with E-state index >= 15 is 0 Å². The van der Waals surface area contributed by atoms with Crippen LogP contribution in [0.25, 0.3) is 22.0 Å². The zero-order chi connectivity index (χ0) is 39.3. The van der Waals surface area contributed by atoms with Crippen molar-refractivity contribution >= 4 is 55.6 Å². The number of fused-ring (bicyclic) bond motifs is 1. The normalized spacial score (nSPS) is 13.8. The Kier molecular flexibility index (Phi) is 11.4. The first kappa shape index (κ1) is 38.6. The molecule has 1 saturated heterocycles. The van der Waals surface area contributed by atoms with Gasteiger partial charge < -0.3 is 10.2 Å². The van der Waals surface area contributed by atoms with E-state index in [-0.39, 0.29) is 22.1 Å². The maximum absolute atomic E-state index is 13.7. The van der Waals surface area contributed by atoms with Crippen LogP contribution in [0.3, 0.4) is 0 Å². The Bertz CT molecular complexity index is 2450. The Morgan fingerprint density at radius 2 is 1.57 bits per heavy atom. The van der Waals surface area contributed by atoms with Gasteiger partial charge in [0.15, 0.2) is 5.82 Å². The number of hydrogen-bond acceptors (Lipinski definition) is 10. The number of nitro groups is 1. The lowest BCUT2D eigenvalue weighted by Gasteiger charge is -2.36. The number of nitrogens with zero attached hydrogens (tertiary/aromatic N) is 5. The highest BCUT2D eigenvalue weighted by atomic mass is 32.2. The number of aromatic nitrogens is 2. The van der Waals surface area contributed by atoms with Crippen molar-refractivity contribution in [2.45, 2.75) is 22.5 Å². The molecule has 0 unspecified atom stereocenters. The van der Waals surface area contributed by atoms with Crippen molar-refractivity contribution in [3.05, 3.63) is 143 Å². The number of halogens is 3. The number of anilines is 3.